The molecule has 0 spiro atoms. The Morgan fingerprint density at radius 3 is 2.44 bits per heavy atom. The van der Waals surface area contributed by atoms with Crippen molar-refractivity contribution in [3.05, 3.63) is 29.3 Å². The lowest BCUT2D eigenvalue weighted by molar-refractivity contribution is 0.406. The van der Waals surface area contributed by atoms with Crippen LogP contribution in [0.3, 0.4) is 0 Å². The molecule has 1 aromatic rings. The summed E-state index contributed by atoms with van der Waals surface area (Å²) >= 11 is 0. The molecule has 0 aliphatic carbocycles. The van der Waals surface area contributed by atoms with E-state index in [1.165, 1.54) is 13.3 Å². The molecule has 0 saturated heterocycles. The summed E-state index contributed by atoms with van der Waals surface area (Å²) in [7, 11) is 1.36. The number of hydrogen-bond acceptors (Lipinski definition) is 2. The summed E-state index contributed by atoms with van der Waals surface area (Å²) in [5.41, 5.74) is -0.114. The van der Waals surface area contributed by atoms with Gasteiger partial charge in [-0.05, 0) is 6.42 Å². The summed E-state index contributed by atoms with van der Waals surface area (Å²) in [4.78, 5) is 3.96. The average Bonchev–Trinajstić information content (AvgIpc) is 2.26. The SMILES string of the molecule is CCCCN=Cc1c(F)cc(OC)cc1F. The standard InChI is InChI=1S/C12H15F2NO/c1-3-4-5-15-8-10-11(13)6-9(16-2)7-12(10)14/h6-8H,3-5H2,1-2H3. The van der Waals surface area contributed by atoms with E-state index >= 15 is 0 Å². The van der Waals surface area contributed by atoms with Crippen molar-refractivity contribution in [1.82, 2.24) is 0 Å². The molecule has 0 saturated carbocycles. The highest BCUT2D eigenvalue weighted by molar-refractivity contribution is 5.80. The zero-order valence-electron chi connectivity index (χ0n) is 9.46. The molecule has 0 aliphatic rings. The van der Waals surface area contributed by atoms with E-state index in [4.69, 9.17) is 4.74 Å². The van der Waals surface area contributed by atoms with Crippen molar-refractivity contribution < 1.29 is 13.5 Å². The van der Waals surface area contributed by atoms with Crippen molar-refractivity contribution in [3.8, 4) is 5.75 Å². The maximum absolute atomic E-state index is 13.4. The molecule has 0 unspecified atom stereocenters. The van der Waals surface area contributed by atoms with Crippen LogP contribution in [-0.4, -0.2) is 19.9 Å². The Balaban J connectivity index is 2.84. The maximum Gasteiger partial charge on any atom is 0.138 e. The van der Waals surface area contributed by atoms with E-state index in [-0.39, 0.29) is 11.3 Å². The Hall–Kier alpha value is -1.45. The normalized spacial score (nSPS) is 11.0. The summed E-state index contributed by atoms with van der Waals surface area (Å²) in [6.45, 7) is 2.62. The average molecular weight is 227 g/mol. The number of rotatable bonds is 5. The van der Waals surface area contributed by atoms with Crippen LogP contribution in [0.5, 0.6) is 5.75 Å². The second-order valence-electron chi connectivity index (χ2n) is 3.39. The lowest BCUT2D eigenvalue weighted by Crippen LogP contribution is -1.97. The van der Waals surface area contributed by atoms with Crippen molar-refractivity contribution in [1.29, 1.82) is 0 Å². The molecule has 1 aromatic carbocycles. The van der Waals surface area contributed by atoms with Crippen molar-refractivity contribution >= 4 is 6.21 Å². The van der Waals surface area contributed by atoms with Crippen molar-refractivity contribution in [2.45, 2.75) is 19.8 Å². The third kappa shape index (κ3) is 3.29. The largest absolute Gasteiger partial charge is 0.497 e. The number of aliphatic imine (C=N–C) groups is 1. The summed E-state index contributed by atoms with van der Waals surface area (Å²) in [5.74, 6) is -1.14. The molecular weight excluding hydrogens is 212 g/mol. The first kappa shape index (κ1) is 12.6. The maximum atomic E-state index is 13.4. The number of methoxy groups -OCH3 is 1. The molecule has 4 heteroatoms. The van der Waals surface area contributed by atoms with Gasteiger partial charge in [0.1, 0.15) is 17.4 Å². The van der Waals surface area contributed by atoms with Gasteiger partial charge >= 0.3 is 0 Å². The van der Waals surface area contributed by atoms with Crippen molar-refractivity contribution in [3.63, 3.8) is 0 Å². The van der Waals surface area contributed by atoms with Crippen molar-refractivity contribution in [2.75, 3.05) is 13.7 Å². The molecule has 0 amide bonds. The number of nitrogens with zero attached hydrogens (tertiary/aromatic N) is 1. The van der Waals surface area contributed by atoms with Crippen LogP contribution in [0.15, 0.2) is 17.1 Å². The van der Waals surface area contributed by atoms with Gasteiger partial charge in [-0.3, -0.25) is 4.99 Å². The van der Waals surface area contributed by atoms with Crippen LogP contribution in [0.1, 0.15) is 25.3 Å². The third-order valence-corrected chi connectivity index (χ3v) is 2.15. The van der Waals surface area contributed by atoms with Crippen LogP contribution < -0.4 is 4.74 Å². The lowest BCUT2D eigenvalue weighted by Gasteiger charge is -2.03. The van der Waals surface area contributed by atoms with E-state index < -0.39 is 11.6 Å². The van der Waals surface area contributed by atoms with Gasteiger partial charge in [0.2, 0.25) is 0 Å². The molecule has 0 bridgehead atoms. The van der Waals surface area contributed by atoms with E-state index in [0.717, 1.165) is 25.0 Å². The molecule has 0 atom stereocenters. The predicted octanol–water partition coefficient (Wildman–Crippen LogP) is 3.19. The molecule has 88 valence electrons. The van der Waals surface area contributed by atoms with E-state index in [2.05, 4.69) is 4.99 Å². The molecule has 0 aliphatic heterocycles. The molecule has 0 heterocycles. The van der Waals surface area contributed by atoms with E-state index in [1.54, 1.807) is 0 Å². The number of ether oxygens (including phenoxy) is 1. The minimum absolute atomic E-state index is 0.114. The number of halogens is 2. The molecule has 0 radical (unpaired) electrons. The first-order valence-electron chi connectivity index (χ1n) is 5.22. The van der Waals surface area contributed by atoms with E-state index in [1.807, 2.05) is 6.92 Å². The Bertz CT molecular complexity index is 354. The first-order valence-corrected chi connectivity index (χ1v) is 5.22. The third-order valence-electron chi connectivity index (χ3n) is 2.15. The van der Waals surface area contributed by atoms with Gasteiger partial charge in [0, 0.05) is 24.9 Å². The Morgan fingerprint density at radius 1 is 1.31 bits per heavy atom. The fourth-order valence-electron chi connectivity index (χ4n) is 1.21. The summed E-state index contributed by atoms with van der Waals surface area (Å²) < 4.78 is 31.5. The van der Waals surface area contributed by atoms with Gasteiger partial charge in [0.15, 0.2) is 0 Å². The zero-order chi connectivity index (χ0) is 12.0. The fraction of sp³-hybridized carbons (Fsp3) is 0.417. The molecule has 0 aromatic heterocycles. The van der Waals surface area contributed by atoms with Gasteiger partial charge in [-0.25, -0.2) is 8.78 Å². The Morgan fingerprint density at radius 2 is 1.94 bits per heavy atom. The van der Waals surface area contributed by atoms with Crippen LogP contribution in [0.4, 0.5) is 8.78 Å². The van der Waals surface area contributed by atoms with Crippen LogP contribution in [0.2, 0.25) is 0 Å². The quantitative estimate of drug-likeness (QED) is 0.559. The minimum Gasteiger partial charge on any atom is -0.497 e. The van der Waals surface area contributed by atoms with Crippen LogP contribution in [0, 0.1) is 11.6 Å². The number of benzene rings is 1. The van der Waals surface area contributed by atoms with Crippen LogP contribution >= 0.6 is 0 Å². The van der Waals surface area contributed by atoms with E-state index in [0.29, 0.717) is 6.54 Å². The Kier molecular flexibility index (Phi) is 4.89. The Labute approximate surface area is 94.0 Å². The number of unbranched alkanes of at least 4 members (excludes halogenated alkanes) is 1. The summed E-state index contributed by atoms with van der Waals surface area (Å²) in [5, 5.41) is 0. The molecule has 1 rings (SSSR count). The smallest absolute Gasteiger partial charge is 0.138 e. The second kappa shape index (κ2) is 6.20. The van der Waals surface area contributed by atoms with E-state index in [9.17, 15) is 8.78 Å². The van der Waals surface area contributed by atoms with Gasteiger partial charge in [-0.2, -0.15) is 0 Å². The highest BCUT2D eigenvalue weighted by Gasteiger charge is 2.09. The van der Waals surface area contributed by atoms with Gasteiger partial charge in [-0.15, -0.1) is 0 Å². The monoisotopic (exact) mass is 227 g/mol. The predicted molar refractivity (Wildman–Crippen MR) is 60.3 cm³/mol. The minimum atomic E-state index is -0.655. The number of hydrogen-bond donors (Lipinski definition) is 0. The molecule has 0 N–H and O–H groups in total. The van der Waals surface area contributed by atoms with Crippen LogP contribution in [-0.2, 0) is 0 Å². The summed E-state index contributed by atoms with van der Waals surface area (Å²) in [6.07, 6.45) is 3.15. The van der Waals surface area contributed by atoms with Gasteiger partial charge in [-0.1, -0.05) is 13.3 Å². The highest BCUT2D eigenvalue weighted by Crippen LogP contribution is 2.18. The first-order chi connectivity index (χ1) is 7.69. The molecule has 2 nitrogen and oxygen atoms in total. The lowest BCUT2D eigenvalue weighted by atomic mass is 10.2. The van der Waals surface area contributed by atoms with Gasteiger partial charge < -0.3 is 4.74 Å². The summed E-state index contributed by atoms with van der Waals surface area (Å²) in [6, 6.07) is 2.29. The molecule has 0 fully saturated rings. The second-order valence-corrected chi connectivity index (χ2v) is 3.39. The van der Waals surface area contributed by atoms with Crippen molar-refractivity contribution in [2.24, 2.45) is 4.99 Å². The van der Waals surface area contributed by atoms with Crippen LogP contribution in [0.25, 0.3) is 0 Å². The zero-order valence-corrected chi connectivity index (χ0v) is 9.46. The molecule has 16 heavy (non-hydrogen) atoms. The van der Waals surface area contributed by atoms with Gasteiger partial charge in [0.05, 0.1) is 12.7 Å². The highest BCUT2D eigenvalue weighted by atomic mass is 19.1. The van der Waals surface area contributed by atoms with Gasteiger partial charge in [0.25, 0.3) is 0 Å². The fourth-order valence-corrected chi connectivity index (χ4v) is 1.21. The molecular formula is C12H15F2NO. The topological polar surface area (TPSA) is 21.6 Å².